The largest absolute Gasteiger partial charge is 0.311 e. The van der Waals surface area contributed by atoms with Gasteiger partial charge in [-0.25, -0.2) is 0 Å². The molecule has 0 radical (unpaired) electrons. The number of rotatable bonds is 7. The van der Waals surface area contributed by atoms with Gasteiger partial charge in [0.05, 0.1) is 0 Å². The van der Waals surface area contributed by atoms with Gasteiger partial charge < -0.3 is 5.32 Å². The van der Waals surface area contributed by atoms with Gasteiger partial charge in [-0.05, 0) is 37.5 Å². The van der Waals surface area contributed by atoms with Gasteiger partial charge in [0.25, 0.3) is 0 Å². The van der Waals surface area contributed by atoms with E-state index in [0.29, 0.717) is 0 Å². The first-order chi connectivity index (χ1) is 8.19. The molecule has 1 saturated carbocycles. The van der Waals surface area contributed by atoms with Crippen molar-refractivity contribution in [3.63, 3.8) is 0 Å². The van der Waals surface area contributed by atoms with Gasteiger partial charge in [-0.3, -0.25) is 0 Å². The predicted molar refractivity (Wildman–Crippen MR) is 77.3 cm³/mol. The fourth-order valence-corrected chi connectivity index (χ4v) is 3.15. The number of hydrogen-bond donors (Lipinski definition) is 1. The Balaban J connectivity index is 2.33. The maximum Gasteiger partial charge on any atom is 0.00722 e. The van der Waals surface area contributed by atoms with E-state index >= 15 is 0 Å². The molecule has 0 aliphatic heterocycles. The minimum atomic E-state index is 0.755. The molecule has 0 bridgehead atoms. The highest BCUT2D eigenvalue weighted by molar-refractivity contribution is 4.81. The van der Waals surface area contributed by atoms with Crippen molar-refractivity contribution >= 4 is 0 Å². The van der Waals surface area contributed by atoms with Crippen molar-refractivity contribution < 1.29 is 0 Å². The van der Waals surface area contributed by atoms with Crippen LogP contribution in [0.2, 0.25) is 0 Å². The average Bonchev–Trinajstić information content (AvgIpc) is 2.37. The summed E-state index contributed by atoms with van der Waals surface area (Å²) >= 11 is 0. The van der Waals surface area contributed by atoms with Crippen LogP contribution in [0.5, 0.6) is 0 Å². The zero-order chi connectivity index (χ0) is 12.7. The lowest BCUT2D eigenvalue weighted by atomic mass is 9.83. The zero-order valence-corrected chi connectivity index (χ0v) is 12.5. The fraction of sp³-hybridized carbons (Fsp3) is 1.00. The van der Waals surface area contributed by atoms with E-state index in [0.717, 1.165) is 23.9 Å². The molecule has 17 heavy (non-hydrogen) atoms. The maximum atomic E-state index is 3.94. The van der Waals surface area contributed by atoms with Gasteiger partial charge >= 0.3 is 0 Å². The Morgan fingerprint density at radius 3 is 2.47 bits per heavy atom. The van der Waals surface area contributed by atoms with E-state index in [9.17, 15) is 0 Å². The van der Waals surface area contributed by atoms with Crippen molar-refractivity contribution in [1.29, 1.82) is 0 Å². The molecule has 1 fully saturated rings. The summed E-state index contributed by atoms with van der Waals surface area (Å²) in [5.41, 5.74) is 0. The van der Waals surface area contributed by atoms with Gasteiger partial charge in [0.1, 0.15) is 0 Å². The number of nitrogens with one attached hydrogen (secondary N) is 1. The van der Waals surface area contributed by atoms with E-state index in [1.54, 1.807) is 0 Å². The van der Waals surface area contributed by atoms with Crippen LogP contribution in [0.15, 0.2) is 0 Å². The second-order valence-corrected chi connectivity index (χ2v) is 6.16. The second-order valence-electron chi connectivity index (χ2n) is 6.16. The molecule has 1 nitrogen and oxygen atoms in total. The van der Waals surface area contributed by atoms with E-state index in [4.69, 9.17) is 0 Å². The third kappa shape index (κ3) is 5.42. The normalized spacial score (nSPS) is 28.9. The predicted octanol–water partition coefficient (Wildman–Crippen LogP) is 4.76. The molecule has 0 aromatic carbocycles. The molecule has 1 aliphatic carbocycles. The minimum absolute atomic E-state index is 0.755. The van der Waals surface area contributed by atoms with Crippen molar-refractivity contribution in [3.05, 3.63) is 0 Å². The highest BCUT2D eigenvalue weighted by Crippen LogP contribution is 2.27. The summed E-state index contributed by atoms with van der Waals surface area (Å²) in [6, 6.07) is 1.56. The van der Waals surface area contributed by atoms with E-state index in [1.807, 2.05) is 0 Å². The summed E-state index contributed by atoms with van der Waals surface area (Å²) in [4.78, 5) is 0. The molecule has 0 aromatic heterocycles. The van der Waals surface area contributed by atoms with Crippen LogP contribution >= 0.6 is 0 Å². The Morgan fingerprint density at radius 2 is 1.88 bits per heavy atom. The lowest BCUT2D eigenvalue weighted by Crippen LogP contribution is -2.41. The van der Waals surface area contributed by atoms with Gasteiger partial charge in [0, 0.05) is 12.1 Å². The molecule has 1 N–H and O–H groups in total. The van der Waals surface area contributed by atoms with Crippen LogP contribution in [0, 0.1) is 11.8 Å². The maximum absolute atomic E-state index is 3.94. The summed E-state index contributed by atoms with van der Waals surface area (Å²) < 4.78 is 0. The van der Waals surface area contributed by atoms with Crippen molar-refractivity contribution in [1.82, 2.24) is 5.32 Å². The first-order valence-corrected chi connectivity index (χ1v) is 7.95. The Hall–Kier alpha value is -0.0400. The lowest BCUT2D eigenvalue weighted by molar-refractivity contribution is 0.246. The van der Waals surface area contributed by atoms with E-state index in [2.05, 4.69) is 33.0 Å². The molecule has 1 heteroatoms. The highest BCUT2D eigenvalue weighted by Gasteiger charge is 2.22. The molecular weight excluding hydrogens is 206 g/mol. The van der Waals surface area contributed by atoms with Crippen molar-refractivity contribution in [2.24, 2.45) is 11.8 Å². The van der Waals surface area contributed by atoms with E-state index in [1.165, 1.54) is 51.4 Å². The molecule has 1 rings (SSSR count). The standard InChI is InChI=1S/C16H33N/c1-5-13(4)11-15(7-3)17-16-10-8-9-14(6-2)12-16/h13-17H,5-12H2,1-4H3. The third-order valence-corrected chi connectivity index (χ3v) is 4.71. The summed E-state index contributed by atoms with van der Waals surface area (Å²) in [6.45, 7) is 9.38. The monoisotopic (exact) mass is 239 g/mol. The van der Waals surface area contributed by atoms with E-state index < -0.39 is 0 Å². The van der Waals surface area contributed by atoms with Crippen LogP contribution < -0.4 is 5.32 Å². The van der Waals surface area contributed by atoms with Crippen LogP contribution in [0.25, 0.3) is 0 Å². The molecule has 0 amide bonds. The minimum Gasteiger partial charge on any atom is -0.311 e. The van der Waals surface area contributed by atoms with Gasteiger partial charge in [-0.2, -0.15) is 0 Å². The van der Waals surface area contributed by atoms with Crippen LogP contribution in [-0.4, -0.2) is 12.1 Å². The Bertz CT molecular complexity index is 188. The molecule has 0 spiro atoms. The van der Waals surface area contributed by atoms with Crippen LogP contribution in [-0.2, 0) is 0 Å². The van der Waals surface area contributed by atoms with Gasteiger partial charge in [-0.15, -0.1) is 0 Å². The first-order valence-electron chi connectivity index (χ1n) is 7.95. The summed E-state index contributed by atoms with van der Waals surface area (Å²) in [5.74, 6) is 1.86. The van der Waals surface area contributed by atoms with Gasteiger partial charge in [0.2, 0.25) is 0 Å². The smallest absolute Gasteiger partial charge is 0.00722 e. The average molecular weight is 239 g/mol. The molecule has 4 atom stereocenters. The Kier molecular flexibility index (Phi) is 7.18. The third-order valence-electron chi connectivity index (χ3n) is 4.71. The zero-order valence-electron chi connectivity index (χ0n) is 12.5. The van der Waals surface area contributed by atoms with Gasteiger partial charge in [0.15, 0.2) is 0 Å². The topological polar surface area (TPSA) is 12.0 Å². The Morgan fingerprint density at radius 1 is 1.12 bits per heavy atom. The molecule has 0 aromatic rings. The molecular formula is C16H33N. The molecule has 102 valence electrons. The van der Waals surface area contributed by atoms with Gasteiger partial charge in [-0.1, -0.05) is 53.4 Å². The quantitative estimate of drug-likeness (QED) is 0.675. The summed E-state index contributed by atoms with van der Waals surface area (Å²) in [6.07, 6.45) is 11.1. The van der Waals surface area contributed by atoms with E-state index in [-0.39, 0.29) is 0 Å². The molecule has 4 unspecified atom stereocenters. The first kappa shape index (κ1) is 15.0. The fourth-order valence-electron chi connectivity index (χ4n) is 3.15. The summed E-state index contributed by atoms with van der Waals surface area (Å²) in [7, 11) is 0. The molecule has 0 saturated heterocycles. The van der Waals surface area contributed by atoms with Crippen LogP contribution in [0.1, 0.15) is 79.1 Å². The lowest BCUT2D eigenvalue weighted by Gasteiger charge is -2.33. The van der Waals surface area contributed by atoms with Crippen molar-refractivity contribution in [2.75, 3.05) is 0 Å². The molecule has 0 heterocycles. The highest BCUT2D eigenvalue weighted by atomic mass is 14.9. The van der Waals surface area contributed by atoms with Crippen molar-refractivity contribution in [3.8, 4) is 0 Å². The Labute approximate surface area is 109 Å². The molecule has 1 aliphatic rings. The van der Waals surface area contributed by atoms with Crippen LogP contribution in [0.3, 0.4) is 0 Å². The number of hydrogen-bond acceptors (Lipinski definition) is 1. The van der Waals surface area contributed by atoms with Crippen molar-refractivity contribution in [2.45, 2.75) is 91.1 Å². The van der Waals surface area contributed by atoms with Crippen LogP contribution in [0.4, 0.5) is 0 Å². The SMILES string of the molecule is CCC(C)CC(CC)NC1CCCC(CC)C1. The summed E-state index contributed by atoms with van der Waals surface area (Å²) in [5, 5.41) is 3.94. The second kappa shape index (κ2) is 8.13.